The number of aromatic nitrogens is 2. The summed E-state index contributed by atoms with van der Waals surface area (Å²) in [5, 5.41) is 3.25. The highest BCUT2D eigenvalue weighted by molar-refractivity contribution is 5.30. The molecule has 0 spiro atoms. The highest BCUT2D eigenvalue weighted by Gasteiger charge is 2.14. The van der Waals surface area contributed by atoms with Gasteiger partial charge in [0, 0.05) is 13.1 Å². The van der Waals surface area contributed by atoms with E-state index >= 15 is 0 Å². The van der Waals surface area contributed by atoms with Crippen molar-refractivity contribution >= 4 is 5.82 Å². The molecule has 0 saturated carbocycles. The van der Waals surface area contributed by atoms with Crippen molar-refractivity contribution < 1.29 is 0 Å². The first-order valence-electron chi connectivity index (χ1n) is 7.55. The minimum atomic E-state index is 0.872. The van der Waals surface area contributed by atoms with E-state index in [-0.39, 0.29) is 0 Å². The summed E-state index contributed by atoms with van der Waals surface area (Å²) in [6.07, 6.45) is 8.85. The molecule has 0 aliphatic carbocycles. The lowest BCUT2D eigenvalue weighted by atomic mass is 10.0. The molecule has 2 rings (SSSR count). The van der Waals surface area contributed by atoms with E-state index in [4.69, 9.17) is 0 Å². The van der Waals surface area contributed by atoms with Crippen molar-refractivity contribution in [2.45, 2.75) is 46.1 Å². The van der Waals surface area contributed by atoms with E-state index in [1.54, 1.807) is 0 Å². The van der Waals surface area contributed by atoms with Crippen LogP contribution in [0, 0.1) is 5.92 Å². The third-order valence-electron chi connectivity index (χ3n) is 3.76. The maximum Gasteiger partial charge on any atom is 0.144 e. The lowest BCUT2D eigenvalue weighted by Crippen LogP contribution is -2.24. The largest absolute Gasteiger partial charge is 0.369 e. The maximum absolute atomic E-state index is 4.51. The van der Waals surface area contributed by atoms with Crippen molar-refractivity contribution in [3.8, 4) is 0 Å². The molecule has 106 valence electrons. The van der Waals surface area contributed by atoms with Crippen LogP contribution in [0.4, 0.5) is 5.82 Å². The minimum absolute atomic E-state index is 0.872. The fourth-order valence-corrected chi connectivity index (χ4v) is 2.49. The van der Waals surface area contributed by atoms with Gasteiger partial charge in [-0.3, -0.25) is 9.88 Å². The lowest BCUT2D eigenvalue weighted by Gasteiger charge is -2.19. The molecule has 0 amide bonds. The summed E-state index contributed by atoms with van der Waals surface area (Å²) in [6, 6.07) is 0. The highest BCUT2D eigenvalue weighted by atomic mass is 15.1. The SMILES string of the molecule is CCCNc1cnc(CN2CCCC(C)CC2)cn1. The quantitative estimate of drug-likeness (QED) is 0.886. The second kappa shape index (κ2) is 7.43. The van der Waals surface area contributed by atoms with E-state index in [2.05, 4.69) is 34.0 Å². The number of hydrogen-bond donors (Lipinski definition) is 1. The molecule has 1 unspecified atom stereocenters. The molecule has 1 fully saturated rings. The fourth-order valence-electron chi connectivity index (χ4n) is 2.49. The maximum atomic E-state index is 4.51. The number of hydrogen-bond acceptors (Lipinski definition) is 4. The van der Waals surface area contributed by atoms with Crippen molar-refractivity contribution in [2.24, 2.45) is 5.92 Å². The average Bonchev–Trinajstić information content (AvgIpc) is 2.63. The Balaban J connectivity index is 1.84. The molecule has 1 aliphatic heterocycles. The molecule has 0 radical (unpaired) electrons. The molecule has 4 nitrogen and oxygen atoms in total. The Kier molecular flexibility index (Phi) is 5.58. The Morgan fingerprint density at radius 3 is 2.89 bits per heavy atom. The van der Waals surface area contributed by atoms with Crippen molar-refractivity contribution in [3.05, 3.63) is 18.1 Å². The fraction of sp³-hybridized carbons (Fsp3) is 0.733. The molecule has 4 heteroatoms. The minimum Gasteiger partial charge on any atom is -0.369 e. The molecule has 1 saturated heterocycles. The van der Waals surface area contributed by atoms with Gasteiger partial charge in [-0.25, -0.2) is 4.98 Å². The van der Waals surface area contributed by atoms with Gasteiger partial charge in [-0.1, -0.05) is 13.8 Å². The van der Waals surface area contributed by atoms with Crippen LogP contribution in [-0.2, 0) is 6.54 Å². The summed E-state index contributed by atoms with van der Waals surface area (Å²) in [5.41, 5.74) is 1.08. The number of nitrogens with zero attached hydrogens (tertiary/aromatic N) is 3. The van der Waals surface area contributed by atoms with E-state index < -0.39 is 0 Å². The first kappa shape index (κ1) is 14.3. The summed E-state index contributed by atoms with van der Waals surface area (Å²) < 4.78 is 0. The molecule has 19 heavy (non-hydrogen) atoms. The third kappa shape index (κ3) is 4.78. The van der Waals surface area contributed by atoms with Crippen LogP contribution in [0.25, 0.3) is 0 Å². The second-order valence-corrected chi connectivity index (χ2v) is 5.63. The molecule has 1 N–H and O–H groups in total. The van der Waals surface area contributed by atoms with Gasteiger partial charge < -0.3 is 5.32 Å². The Bertz CT molecular complexity index is 363. The monoisotopic (exact) mass is 262 g/mol. The Hall–Kier alpha value is -1.16. The first-order valence-corrected chi connectivity index (χ1v) is 7.55. The molecule has 0 aromatic carbocycles. The second-order valence-electron chi connectivity index (χ2n) is 5.63. The van der Waals surface area contributed by atoms with Gasteiger partial charge in [-0.2, -0.15) is 0 Å². The molecule has 1 atom stereocenters. The zero-order chi connectivity index (χ0) is 13.5. The number of anilines is 1. The molecular weight excluding hydrogens is 236 g/mol. The predicted octanol–water partition coefficient (Wildman–Crippen LogP) is 2.92. The van der Waals surface area contributed by atoms with Gasteiger partial charge in [0.05, 0.1) is 18.1 Å². The summed E-state index contributed by atoms with van der Waals surface area (Å²) in [5.74, 6) is 1.76. The van der Waals surface area contributed by atoms with E-state index in [0.29, 0.717) is 0 Å². The van der Waals surface area contributed by atoms with Crippen LogP contribution < -0.4 is 5.32 Å². The Morgan fingerprint density at radius 2 is 2.16 bits per heavy atom. The van der Waals surface area contributed by atoms with Crippen LogP contribution in [0.1, 0.15) is 45.2 Å². The summed E-state index contributed by atoms with van der Waals surface area (Å²) >= 11 is 0. The number of nitrogens with one attached hydrogen (secondary N) is 1. The van der Waals surface area contributed by atoms with Crippen molar-refractivity contribution in [2.75, 3.05) is 25.0 Å². The van der Waals surface area contributed by atoms with Crippen LogP contribution in [-0.4, -0.2) is 34.5 Å². The van der Waals surface area contributed by atoms with Gasteiger partial charge in [0.2, 0.25) is 0 Å². The zero-order valence-electron chi connectivity index (χ0n) is 12.2. The van der Waals surface area contributed by atoms with E-state index in [1.807, 2.05) is 12.4 Å². The van der Waals surface area contributed by atoms with Crippen LogP contribution in [0.15, 0.2) is 12.4 Å². The topological polar surface area (TPSA) is 41.1 Å². The zero-order valence-corrected chi connectivity index (χ0v) is 12.2. The summed E-state index contributed by atoms with van der Waals surface area (Å²) in [6.45, 7) is 8.79. The van der Waals surface area contributed by atoms with Gasteiger partial charge in [0.25, 0.3) is 0 Å². The van der Waals surface area contributed by atoms with Crippen LogP contribution in [0.3, 0.4) is 0 Å². The van der Waals surface area contributed by atoms with Crippen molar-refractivity contribution in [1.82, 2.24) is 14.9 Å². The normalized spacial score (nSPS) is 21.1. The Morgan fingerprint density at radius 1 is 1.26 bits per heavy atom. The average molecular weight is 262 g/mol. The third-order valence-corrected chi connectivity index (χ3v) is 3.76. The van der Waals surface area contributed by atoms with Crippen molar-refractivity contribution in [3.63, 3.8) is 0 Å². The molecule has 1 aromatic rings. The lowest BCUT2D eigenvalue weighted by molar-refractivity contribution is 0.270. The molecule has 2 heterocycles. The summed E-state index contributed by atoms with van der Waals surface area (Å²) in [7, 11) is 0. The van der Waals surface area contributed by atoms with E-state index in [1.165, 1.54) is 32.4 Å². The van der Waals surface area contributed by atoms with Gasteiger partial charge in [0.15, 0.2) is 0 Å². The Labute approximate surface area is 116 Å². The summed E-state index contributed by atoms with van der Waals surface area (Å²) in [4.78, 5) is 11.4. The standard InChI is InChI=1S/C15H26N4/c1-3-7-16-15-11-17-14(10-18-15)12-19-8-4-5-13(2)6-9-19/h10-11,13H,3-9,12H2,1-2H3,(H,16,18). The molecule has 1 aliphatic rings. The smallest absolute Gasteiger partial charge is 0.144 e. The van der Waals surface area contributed by atoms with E-state index in [0.717, 1.165) is 36.9 Å². The first-order chi connectivity index (χ1) is 9.28. The van der Waals surface area contributed by atoms with E-state index in [9.17, 15) is 0 Å². The molecular formula is C15H26N4. The van der Waals surface area contributed by atoms with Gasteiger partial charge in [0.1, 0.15) is 5.82 Å². The molecule has 1 aromatic heterocycles. The predicted molar refractivity (Wildman–Crippen MR) is 79.1 cm³/mol. The van der Waals surface area contributed by atoms with Crippen molar-refractivity contribution in [1.29, 1.82) is 0 Å². The van der Waals surface area contributed by atoms with Gasteiger partial charge in [-0.15, -0.1) is 0 Å². The van der Waals surface area contributed by atoms with Crippen LogP contribution in [0.2, 0.25) is 0 Å². The van der Waals surface area contributed by atoms with Gasteiger partial charge >= 0.3 is 0 Å². The van der Waals surface area contributed by atoms with Crippen LogP contribution in [0.5, 0.6) is 0 Å². The number of likely N-dealkylation sites (tertiary alicyclic amines) is 1. The molecule has 0 bridgehead atoms. The highest BCUT2D eigenvalue weighted by Crippen LogP contribution is 2.17. The van der Waals surface area contributed by atoms with Gasteiger partial charge in [-0.05, 0) is 44.7 Å². The number of rotatable bonds is 5. The van der Waals surface area contributed by atoms with Crippen LogP contribution >= 0.6 is 0 Å².